The first-order chi connectivity index (χ1) is 16.7. The van der Waals surface area contributed by atoms with Crippen LogP contribution in [0.1, 0.15) is 38.4 Å². The normalized spacial score (nSPS) is 11.0. The predicted molar refractivity (Wildman–Crippen MR) is 133 cm³/mol. The number of benzene rings is 1. The molecule has 2 heterocycles. The molecule has 35 heavy (non-hydrogen) atoms. The van der Waals surface area contributed by atoms with Crippen molar-refractivity contribution >= 4 is 35.1 Å². The average Bonchev–Trinajstić information content (AvgIpc) is 3.43. The Balaban J connectivity index is 1.70. The Kier molecular flexibility index (Phi) is 8.23. The minimum absolute atomic E-state index is 0.166. The van der Waals surface area contributed by atoms with Gasteiger partial charge in [-0.2, -0.15) is 5.26 Å². The first-order valence-corrected chi connectivity index (χ1v) is 11.5. The number of rotatable bonds is 9. The number of nitrogens with one attached hydrogen (secondary N) is 1. The maximum absolute atomic E-state index is 12.5. The largest absolute Gasteiger partial charge is 0.497 e. The molecule has 9 heteroatoms. The van der Waals surface area contributed by atoms with Crippen LogP contribution in [0.5, 0.6) is 5.75 Å². The number of nitrogens with zero attached hydrogens (tertiary/aromatic N) is 2. The number of esters is 1. The van der Waals surface area contributed by atoms with Crippen LogP contribution in [0.3, 0.4) is 0 Å². The molecule has 1 amide bonds. The van der Waals surface area contributed by atoms with E-state index in [1.807, 2.05) is 54.8 Å². The van der Waals surface area contributed by atoms with Crippen molar-refractivity contribution in [2.24, 2.45) is 0 Å². The van der Waals surface area contributed by atoms with E-state index >= 15 is 0 Å². The summed E-state index contributed by atoms with van der Waals surface area (Å²) in [4.78, 5) is 37.2. The Bertz CT molecular complexity index is 1330. The predicted octanol–water partition coefficient (Wildman–Crippen LogP) is 4.13. The van der Waals surface area contributed by atoms with E-state index < -0.39 is 12.6 Å². The van der Waals surface area contributed by atoms with Crippen LogP contribution in [0.2, 0.25) is 0 Å². The third-order valence-electron chi connectivity index (χ3n) is 5.22. The second-order valence-electron chi connectivity index (χ2n) is 7.70. The van der Waals surface area contributed by atoms with E-state index in [-0.39, 0.29) is 17.3 Å². The number of thiophene rings is 1. The minimum atomic E-state index is -0.870. The van der Waals surface area contributed by atoms with E-state index in [2.05, 4.69) is 5.32 Å². The number of aromatic nitrogens is 1. The van der Waals surface area contributed by atoms with Gasteiger partial charge in [-0.05, 0) is 68.0 Å². The molecule has 8 nitrogen and oxygen atoms in total. The highest BCUT2D eigenvalue weighted by Gasteiger charge is 2.17. The van der Waals surface area contributed by atoms with Gasteiger partial charge >= 0.3 is 5.97 Å². The van der Waals surface area contributed by atoms with Gasteiger partial charge in [-0.3, -0.25) is 9.59 Å². The number of aryl methyl sites for hydroxylation is 1. The summed E-state index contributed by atoms with van der Waals surface area (Å²) < 4.78 is 12.3. The lowest BCUT2D eigenvalue weighted by Gasteiger charge is -2.10. The highest BCUT2D eigenvalue weighted by molar-refractivity contribution is 7.14. The molecule has 180 valence electrons. The molecule has 0 fully saturated rings. The molecule has 0 saturated carbocycles. The topological polar surface area (TPSA) is 110 Å². The summed E-state index contributed by atoms with van der Waals surface area (Å²) in [6, 6.07) is 14.6. The Hall–Kier alpha value is -4.16. The number of Topliss-reactive ketones (excluding diaryl/α,β-unsaturated/α-hetero) is 1. The van der Waals surface area contributed by atoms with Gasteiger partial charge in [0.2, 0.25) is 11.7 Å². The standard InChI is InChI=1S/C26H25N3O5S/c1-16-11-19(17(2)29(16)21-5-7-22(33-4)8-6-21)12-20(13-27)26(32)34-15-24(31)25-10-9-23(35-25)14-28-18(3)30/h5-12H,14-15H2,1-4H3,(H,28,30)/b20-12+. The zero-order chi connectivity index (χ0) is 25.5. The third kappa shape index (κ3) is 6.25. The van der Waals surface area contributed by atoms with E-state index in [0.29, 0.717) is 17.0 Å². The van der Waals surface area contributed by atoms with Gasteiger partial charge in [0.1, 0.15) is 17.4 Å². The molecule has 1 N–H and O–H groups in total. The fourth-order valence-electron chi connectivity index (χ4n) is 3.47. The van der Waals surface area contributed by atoms with Gasteiger partial charge in [-0.1, -0.05) is 0 Å². The summed E-state index contributed by atoms with van der Waals surface area (Å²) >= 11 is 1.21. The summed E-state index contributed by atoms with van der Waals surface area (Å²) in [5, 5.41) is 12.2. The van der Waals surface area contributed by atoms with E-state index in [9.17, 15) is 19.6 Å². The maximum atomic E-state index is 12.5. The number of amides is 1. The molecule has 0 radical (unpaired) electrons. The zero-order valence-corrected chi connectivity index (χ0v) is 20.7. The monoisotopic (exact) mass is 491 g/mol. The molecule has 2 aromatic heterocycles. The van der Waals surface area contributed by atoms with Crippen LogP contribution in [-0.2, 0) is 20.9 Å². The van der Waals surface area contributed by atoms with Crippen molar-refractivity contribution in [2.45, 2.75) is 27.3 Å². The number of hydrogen-bond acceptors (Lipinski definition) is 7. The van der Waals surface area contributed by atoms with Crippen molar-refractivity contribution in [3.8, 4) is 17.5 Å². The maximum Gasteiger partial charge on any atom is 0.349 e. The van der Waals surface area contributed by atoms with Crippen LogP contribution < -0.4 is 10.1 Å². The Morgan fingerprint density at radius 1 is 1.14 bits per heavy atom. The van der Waals surface area contributed by atoms with Crippen molar-refractivity contribution in [3.05, 3.63) is 74.7 Å². The van der Waals surface area contributed by atoms with Gasteiger partial charge < -0.3 is 19.4 Å². The van der Waals surface area contributed by atoms with Crippen molar-refractivity contribution in [2.75, 3.05) is 13.7 Å². The van der Waals surface area contributed by atoms with Crippen LogP contribution in [0.25, 0.3) is 11.8 Å². The molecular formula is C26H25N3O5S. The zero-order valence-electron chi connectivity index (χ0n) is 19.9. The molecule has 0 atom stereocenters. The molecule has 0 aliphatic rings. The number of carbonyl (C=O) groups is 3. The second kappa shape index (κ2) is 11.3. The van der Waals surface area contributed by atoms with Crippen molar-refractivity contribution in [1.29, 1.82) is 5.26 Å². The van der Waals surface area contributed by atoms with Crippen molar-refractivity contribution < 1.29 is 23.9 Å². The summed E-state index contributed by atoms with van der Waals surface area (Å²) in [5.74, 6) is -0.676. The summed E-state index contributed by atoms with van der Waals surface area (Å²) in [7, 11) is 1.60. The average molecular weight is 492 g/mol. The van der Waals surface area contributed by atoms with Gasteiger partial charge in [-0.25, -0.2) is 4.79 Å². The van der Waals surface area contributed by atoms with E-state index in [1.165, 1.54) is 24.3 Å². The minimum Gasteiger partial charge on any atom is -0.497 e. The Morgan fingerprint density at radius 3 is 2.49 bits per heavy atom. The fourth-order valence-corrected chi connectivity index (χ4v) is 4.34. The first kappa shape index (κ1) is 25.5. The van der Waals surface area contributed by atoms with Gasteiger partial charge in [0.05, 0.1) is 18.5 Å². The quantitative estimate of drug-likeness (QED) is 0.209. The molecule has 0 aliphatic heterocycles. The Morgan fingerprint density at radius 2 is 1.86 bits per heavy atom. The molecule has 0 bridgehead atoms. The first-order valence-electron chi connectivity index (χ1n) is 10.7. The summed E-state index contributed by atoms with van der Waals surface area (Å²) in [6.07, 6.45) is 1.46. The third-order valence-corrected chi connectivity index (χ3v) is 6.35. The number of nitriles is 1. The molecule has 0 aliphatic carbocycles. The van der Waals surface area contributed by atoms with Crippen LogP contribution >= 0.6 is 11.3 Å². The lowest BCUT2D eigenvalue weighted by molar-refractivity contribution is -0.137. The van der Waals surface area contributed by atoms with Gasteiger partial charge in [0.25, 0.3) is 0 Å². The van der Waals surface area contributed by atoms with Crippen molar-refractivity contribution in [1.82, 2.24) is 9.88 Å². The van der Waals surface area contributed by atoms with Crippen LogP contribution in [0, 0.1) is 25.2 Å². The number of methoxy groups -OCH3 is 1. The second-order valence-corrected chi connectivity index (χ2v) is 8.87. The van der Waals surface area contributed by atoms with E-state index in [1.54, 1.807) is 19.2 Å². The van der Waals surface area contributed by atoms with Crippen LogP contribution in [-0.4, -0.2) is 35.9 Å². The summed E-state index contributed by atoms with van der Waals surface area (Å²) in [5.41, 5.74) is 3.17. The molecule has 3 rings (SSSR count). The SMILES string of the molecule is COc1ccc(-n2c(C)cc(/C=C(\C#N)C(=O)OCC(=O)c3ccc(CNC(C)=O)s3)c2C)cc1. The molecule has 0 unspecified atom stereocenters. The van der Waals surface area contributed by atoms with Gasteiger partial charge in [0.15, 0.2) is 6.61 Å². The van der Waals surface area contributed by atoms with Crippen LogP contribution in [0.15, 0.2) is 48.0 Å². The van der Waals surface area contributed by atoms with Gasteiger partial charge in [0, 0.05) is 28.9 Å². The lowest BCUT2D eigenvalue weighted by atomic mass is 10.1. The highest BCUT2D eigenvalue weighted by atomic mass is 32.1. The van der Waals surface area contributed by atoms with Gasteiger partial charge in [-0.15, -0.1) is 11.3 Å². The number of hydrogen-bond donors (Lipinski definition) is 1. The smallest absolute Gasteiger partial charge is 0.349 e. The van der Waals surface area contributed by atoms with Crippen molar-refractivity contribution in [3.63, 3.8) is 0 Å². The molecule has 0 spiro atoms. The number of ether oxygens (including phenoxy) is 2. The molecular weight excluding hydrogens is 466 g/mol. The van der Waals surface area contributed by atoms with E-state index in [0.717, 1.165) is 27.7 Å². The summed E-state index contributed by atoms with van der Waals surface area (Å²) in [6.45, 7) is 5.07. The highest BCUT2D eigenvalue weighted by Crippen LogP contribution is 2.24. The Labute approximate surface area is 207 Å². The molecule has 0 saturated heterocycles. The fraction of sp³-hybridized carbons (Fsp3) is 0.231. The van der Waals surface area contributed by atoms with E-state index in [4.69, 9.17) is 9.47 Å². The molecule has 1 aromatic carbocycles. The lowest BCUT2D eigenvalue weighted by Crippen LogP contribution is -2.18. The number of carbonyl (C=O) groups excluding carboxylic acids is 3. The molecule has 3 aromatic rings. The number of ketones is 1. The van der Waals surface area contributed by atoms with Crippen LogP contribution in [0.4, 0.5) is 0 Å².